The lowest BCUT2D eigenvalue weighted by Gasteiger charge is -2.28. The molecule has 0 spiro atoms. The Morgan fingerprint density at radius 2 is 2.30 bits per heavy atom. The third-order valence-electron chi connectivity index (χ3n) is 2.74. The summed E-state index contributed by atoms with van der Waals surface area (Å²) >= 11 is 0. The minimum Gasteiger partial charge on any atom is -0.462 e. The van der Waals surface area contributed by atoms with Crippen molar-refractivity contribution in [2.24, 2.45) is 0 Å². The quantitative estimate of drug-likeness (QED) is 0.798. The predicted octanol–water partition coefficient (Wildman–Crippen LogP) is 1.97. The SMILES string of the molecule is CCOC(=O)c1cc(N)cnc1N(CCC#N)C(C)C. The molecular weight excluding hydrogens is 256 g/mol. The Morgan fingerprint density at radius 1 is 1.60 bits per heavy atom. The number of aromatic nitrogens is 1. The maximum atomic E-state index is 12.0. The van der Waals surface area contributed by atoms with Crippen molar-refractivity contribution in [1.82, 2.24) is 4.98 Å². The van der Waals surface area contributed by atoms with Crippen LogP contribution in [0.2, 0.25) is 0 Å². The van der Waals surface area contributed by atoms with Crippen molar-refractivity contribution in [3.63, 3.8) is 0 Å². The molecule has 6 nitrogen and oxygen atoms in total. The number of nitrogens with zero attached hydrogens (tertiary/aromatic N) is 3. The number of carbonyl (C=O) groups is 1. The van der Waals surface area contributed by atoms with Gasteiger partial charge in [0.1, 0.15) is 11.4 Å². The topological polar surface area (TPSA) is 92.2 Å². The van der Waals surface area contributed by atoms with E-state index in [0.717, 1.165) is 0 Å². The van der Waals surface area contributed by atoms with Crippen LogP contribution >= 0.6 is 0 Å². The number of nitrogen functional groups attached to an aromatic ring is 1. The second kappa shape index (κ2) is 7.34. The molecule has 0 aliphatic heterocycles. The Hall–Kier alpha value is -2.29. The van der Waals surface area contributed by atoms with E-state index in [9.17, 15) is 4.79 Å². The minimum atomic E-state index is -0.454. The van der Waals surface area contributed by atoms with Crippen LogP contribution in [0.1, 0.15) is 37.6 Å². The molecule has 20 heavy (non-hydrogen) atoms. The molecule has 1 aromatic heterocycles. The zero-order valence-electron chi connectivity index (χ0n) is 12.1. The molecule has 1 rings (SSSR count). The first kappa shape index (κ1) is 15.8. The van der Waals surface area contributed by atoms with Gasteiger partial charge in [-0.2, -0.15) is 5.26 Å². The summed E-state index contributed by atoms with van der Waals surface area (Å²) in [4.78, 5) is 18.2. The Kier molecular flexibility index (Phi) is 5.78. The van der Waals surface area contributed by atoms with E-state index < -0.39 is 5.97 Å². The highest BCUT2D eigenvalue weighted by Crippen LogP contribution is 2.23. The molecule has 0 aromatic carbocycles. The van der Waals surface area contributed by atoms with Crippen molar-refractivity contribution in [2.45, 2.75) is 33.2 Å². The van der Waals surface area contributed by atoms with E-state index in [2.05, 4.69) is 11.1 Å². The van der Waals surface area contributed by atoms with E-state index in [4.69, 9.17) is 15.7 Å². The largest absolute Gasteiger partial charge is 0.462 e. The smallest absolute Gasteiger partial charge is 0.341 e. The Balaban J connectivity index is 3.20. The van der Waals surface area contributed by atoms with E-state index in [1.54, 1.807) is 13.0 Å². The zero-order valence-corrected chi connectivity index (χ0v) is 12.1. The third-order valence-corrected chi connectivity index (χ3v) is 2.74. The van der Waals surface area contributed by atoms with Gasteiger partial charge in [0, 0.05) is 12.6 Å². The molecule has 0 radical (unpaired) electrons. The van der Waals surface area contributed by atoms with Crippen LogP contribution in [0.25, 0.3) is 0 Å². The number of pyridine rings is 1. The number of anilines is 2. The molecule has 0 saturated carbocycles. The Bertz CT molecular complexity index is 508. The summed E-state index contributed by atoms with van der Waals surface area (Å²) in [5.74, 6) is 0.0489. The summed E-state index contributed by atoms with van der Waals surface area (Å²) < 4.78 is 5.03. The zero-order chi connectivity index (χ0) is 15.1. The van der Waals surface area contributed by atoms with Crippen molar-refractivity contribution in [3.8, 4) is 6.07 Å². The molecule has 0 atom stereocenters. The number of ether oxygens (including phenoxy) is 1. The number of hydrogen-bond acceptors (Lipinski definition) is 6. The van der Waals surface area contributed by atoms with E-state index >= 15 is 0 Å². The van der Waals surface area contributed by atoms with Crippen LogP contribution in [0.5, 0.6) is 0 Å². The van der Waals surface area contributed by atoms with Crippen molar-refractivity contribution >= 4 is 17.5 Å². The van der Waals surface area contributed by atoms with Crippen LogP contribution in [-0.4, -0.2) is 30.1 Å². The van der Waals surface area contributed by atoms with E-state index in [0.29, 0.717) is 30.0 Å². The molecule has 0 saturated heterocycles. The van der Waals surface area contributed by atoms with Crippen LogP contribution in [0, 0.1) is 11.3 Å². The molecule has 0 fully saturated rings. The average molecular weight is 276 g/mol. The molecule has 108 valence electrons. The molecule has 0 aliphatic carbocycles. The van der Waals surface area contributed by atoms with Gasteiger partial charge in [-0.25, -0.2) is 9.78 Å². The Labute approximate surface area is 119 Å². The van der Waals surface area contributed by atoms with Gasteiger partial charge < -0.3 is 15.4 Å². The first-order chi connectivity index (χ1) is 9.51. The highest BCUT2D eigenvalue weighted by Gasteiger charge is 2.21. The summed E-state index contributed by atoms with van der Waals surface area (Å²) in [6, 6.07) is 3.76. The summed E-state index contributed by atoms with van der Waals surface area (Å²) in [7, 11) is 0. The number of hydrogen-bond donors (Lipinski definition) is 1. The fraction of sp³-hybridized carbons (Fsp3) is 0.500. The van der Waals surface area contributed by atoms with Gasteiger partial charge in [-0.05, 0) is 26.8 Å². The molecule has 0 bridgehead atoms. The molecule has 0 unspecified atom stereocenters. The second-order valence-corrected chi connectivity index (χ2v) is 4.56. The van der Waals surface area contributed by atoms with Crippen molar-refractivity contribution in [2.75, 3.05) is 23.8 Å². The molecule has 0 aliphatic rings. The minimum absolute atomic E-state index is 0.104. The number of carbonyl (C=O) groups excluding carboxylic acids is 1. The third kappa shape index (κ3) is 3.85. The fourth-order valence-electron chi connectivity index (χ4n) is 1.84. The fourth-order valence-corrected chi connectivity index (χ4v) is 1.84. The monoisotopic (exact) mass is 276 g/mol. The van der Waals surface area contributed by atoms with Gasteiger partial charge in [0.15, 0.2) is 0 Å². The number of nitriles is 1. The van der Waals surface area contributed by atoms with Gasteiger partial charge in [0.25, 0.3) is 0 Å². The van der Waals surface area contributed by atoms with Crippen LogP contribution < -0.4 is 10.6 Å². The van der Waals surface area contributed by atoms with Crippen molar-refractivity contribution in [1.29, 1.82) is 5.26 Å². The first-order valence-electron chi connectivity index (χ1n) is 6.57. The van der Waals surface area contributed by atoms with Crippen molar-refractivity contribution < 1.29 is 9.53 Å². The lowest BCUT2D eigenvalue weighted by atomic mass is 10.2. The van der Waals surface area contributed by atoms with Crippen LogP contribution in [0.3, 0.4) is 0 Å². The highest BCUT2D eigenvalue weighted by molar-refractivity contribution is 5.95. The van der Waals surface area contributed by atoms with Gasteiger partial charge in [-0.1, -0.05) is 0 Å². The van der Waals surface area contributed by atoms with E-state index in [1.807, 2.05) is 18.7 Å². The number of nitrogens with two attached hydrogens (primary N) is 1. The lowest BCUT2D eigenvalue weighted by molar-refractivity contribution is 0.0526. The van der Waals surface area contributed by atoms with E-state index in [-0.39, 0.29) is 12.6 Å². The predicted molar refractivity (Wildman–Crippen MR) is 77.3 cm³/mol. The summed E-state index contributed by atoms with van der Waals surface area (Å²) in [6.45, 7) is 6.48. The van der Waals surface area contributed by atoms with Gasteiger partial charge in [0.2, 0.25) is 0 Å². The van der Waals surface area contributed by atoms with Crippen LogP contribution in [0.15, 0.2) is 12.3 Å². The normalized spacial score (nSPS) is 10.2. The second-order valence-electron chi connectivity index (χ2n) is 4.56. The van der Waals surface area contributed by atoms with Gasteiger partial charge in [-0.15, -0.1) is 0 Å². The lowest BCUT2D eigenvalue weighted by Crippen LogP contribution is -2.34. The average Bonchev–Trinajstić information content (AvgIpc) is 2.40. The highest BCUT2D eigenvalue weighted by atomic mass is 16.5. The molecule has 1 aromatic rings. The van der Waals surface area contributed by atoms with Crippen LogP contribution in [-0.2, 0) is 4.74 Å². The van der Waals surface area contributed by atoms with Crippen LogP contribution in [0.4, 0.5) is 11.5 Å². The molecule has 2 N–H and O–H groups in total. The van der Waals surface area contributed by atoms with Gasteiger partial charge >= 0.3 is 5.97 Å². The van der Waals surface area contributed by atoms with Gasteiger partial charge in [-0.3, -0.25) is 0 Å². The maximum absolute atomic E-state index is 12.0. The number of esters is 1. The van der Waals surface area contributed by atoms with E-state index in [1.165, 1.54) is 6.20 Å². The standard InChI is InChI=1S/C14H20N4O2/c1-4-20-14(19)12-8-11(16)9-17-13(12)18(10(2)3)7-5-6-15/h8-10H,4-5,7,16H2,1-3H3. The molecule has 1 heterocycles. The molecule has 0 amide bonds. The van der Waals surface area contributed by atoms with Crippen molar-refractivity contribution in [3.05, 3.63) is 17.8 Å². The number of rotatable bonds is 6. The molecular formula is C14H20N4O2. The summed E-state index contributed by atoms with van der Waals surface area (Å²) in [5, 5.41) is 8.74. The molecule has 6 heteroatoms. The first-order valence-corrected chi connectivity index (χ1v) is 6.57. The van der Waals surface area contributed by atoms with Gasteiger partial charge in [0.05, 0.1) is 31.0 Å². The summed E-state index contributed by atoms with van der Waals surface area (Å²) in [6.07, 6.45) is 1.85. The summed E-state index contributed by atoms with van der Waals surface area (Å²) in [5.41, 5.74) is 6.43. The maximum Gasteiger partial charge on any atom is 0.341 e. The Morgan fingerprint density at radius 3 is 2.85 bits per heavy atom.